The van der Waals surface area contributed by atoms with Crippen LogP contribution >= 0.6 is 0 Å². The summed E-state index contributed by atoms with van der Waals surface area (Å²) < 4.78 is 10.7. The summed E-state index contributed by atoms with van der Waals surface area (Å²) >= 11 is 0. The monoisotopic (exact) mass is 277 g/mol. The first-order valence-corrected chi connectivity index (χ1v) is 6.44. The van der Waals surface area contributed by atoms with Gasteiger partial charge in [-0.15, -0.1) is 0 Å². The standard InChI is InChI=1S/C14H19N3O3/c1-15-11-8-10(17-4-6-20-7-5-17)9-12(19-3)13(11)14(18)16-2/h8-9H,1,4-7H2,2-3H3,(H,16,18). The SMILES string of the molecule is C=Nc1cc(N2CCOCC2)cc(OC)c1C(=O)NC. The highest BCUT2D eigenvalue weighted by Crippen LogP contribution is 2.34. The third-order valence-corrected chi connectivity index (χ3v) is 3.29. The van der Waals surface area contributed by atoms with Crippen LogP contribution in [0.25, 0.3) is 0 Å². The Bertz CT molecular complexity index is 511. The molecule has 1 aromatic carbocycles. The molecule has 0 aromatic heterocycles. The van der Waals surface area contributed by atoms with Crippen molar-refractivity contribution in [1.29, 1.82) is 0 Å². The minimum absolute atomic E-state index is 0.238. The normalized spacial score (nSPS) is 14.8. The summed E-state index contributed by atoms with van der Waals surface area (Å²) in [6.07, 6.45) is 0. The predicted octanol–water partition coefficient (Wildman–Crippen LogP) is 1.22. The number of aliphatic imine (C=N–C) groups is 1. The molecule has 2 rings (SSSR count). The number of hydrogen-bond donors (Lipinski definition) is 1. The van der Waals surface area contributed by atoms with Crippen LogP contribution in [0.4, 0.5) is 11.4 Å². The van der Waals surface area contributed by atoms with Crippen LogP contribution in [0.1, 0.15) is 10.4 Å². The molecule has 1 aliphatic heterocycles. The maximum absolute atomic E-state index is 11.9. The van der Waals surface area contributed by atoms with E-state index in [1.807, 2.05) is 12.1 Å². The van der Waals surface area contributed by atoms with E-state index in [1.54, 1.807) is 7.05 Å². The van der Waals surface area contributed by atoms with E-state index < -0.39 is 0 Å². The Balaban J connectivity index is 2.46. The second-order valence-corrected chi connectivity index (χ2v) is 4.38. The van der Waals surface area contributed by atoms with Crippen LogP contribution in [0.2, 0.25) is 0 Å². The van der Waals surface area contributed by atoms with Gasteiger partial charge in [-0.1, -0.05) is 0 Å². The van der Waals surface area contributed by atoms with Crippen LogP contribution in [0.5, 0.6) is 5.75 Å². The van der Waals surface area contributed by atoms with Crippen molar-refractivity contribution in [2.45, 2.75) is 0 Å². The second kappa shape index (κ2) is 6.38. The Morgan fingerprint density at radius 1 is 1.45 bits per heavy atom. The molecule has 1 N–H and O–H groups in total. The number of hydrogen-bond acceptors (Lipinski definition) is 5. The Morgan fingerprint density at radius 2 is 2.15 bits per heavy atom. The van der Waals surface area contributed by atoms with Crippen molar-refractivity contribution in [3.63, 3.8) is 0 Å². The van der Waals surface area contributed by atoms with Gasteiger partial charge in [0.2, 0.25) is 0 Å². The van der Waals surface area contributed by atoms with Crippen molar-refractivity contribution in [3.8, 4) is 5.75 Å². The summed E-state index contributed by atoms with van der Waals surface area (Å²) in [4.78, 5) is 18.1. The van der Waals surface area contributed by atoms with E-state index in [-0.39, 0.29) is 5.91 Å². The van der Waals surface area contributed by atoms with E-state index in [0.29, 0.717) is 30.2 Å². The van der Waals surface area contributed by atoms with Crippen LogP contribution in [0.15, 0.2) is 17.1 Å². The van der Waals surface area contributed by atoms with Gasteiger partial charge in [0, 0.05) is 31.9 Å². The molecule has 6 nitrogen and oxygen atoms in total. The summed E-state index contributed by atoms with van der Waals surface area (Å²) in [5.74, 6) is 0.258. The second-order valence-electron chi connectivity index (χ2n) is 4.38. The smallest absolute Gasteiger partial charge is 0.257 e. The molecular formula is C14H19N3O3. The van der Waals surface area contributed by atoms with Crippen LogP contribution in [-0.2, 0) is 4.74 Å². The lowest BCUT2D eigenvalue weighted by atomic mass is 10.1. The number of morpholine rings is 1. The molecule has 1 aromatic rings. The minimum Gasteiger partial charge on any atom is -0.496 e. The first-order chi connectivity index (χ1) is 9.71. The number of benzene rings is 1. The maximum atomic E-state index is 11.9. The van der Waals surface area contributed by atoms with E-state index in [9.17, 15) is 4.79 Å². The fourth-order valence-corrected chi connectivity index (χ4v) is 2.23. The first kappa shape index (κ1) is 14.3. The molecule has 0 bridgehead atoms. The first-order valence-electron chi connectivity index (χ1n) is 6.44. The maximum Gasteiger partial charge on any atom is 0.257 e. The van der Waals surface area contributed by atoms with Gasteiger partial charge >= 0.3 is 0 Å². The molecule has 1 aliphatic rings. The highest BCUT2D eigenvalue weighted by molar-refractivity contribution is 6.02. The lowest BCUT2D eigenvalue weighted by Gasteiger charge is -2.29. The van der Waals surface area contributed by atoms with Crippen molar-refractivity contribution in [1.82, 2.24) is 5.32 Å². The third kappa shape index (κ3) is 2.75. The summed E-state index contributed by atoms with van der Waals surface area (Å²) in [6.45, 7) is 6.53. The Labute approximate surface area is 118 Å². The van der Waals surface area contributed by atoms with Crippen molar-refractivity contribution in [3.05, 3.63) is 17.7 Å². The highest BCUT2D eigenvalue weighted by atomic mass is 16.5. The van der Waals surface area contributed by atoms with Gasteiger partial charge in [-0.25, -0.2) is 0 Å². The number of methoxy groups -OCH3 is 1. The molecule has 6 heteroatoms. The molecule has 20 heavy (non-hydrogen) atoms. The summed E-state index contributed by atoms with van der Waals surface area (Å²) in [5.41, 5.74) is 1.88. The fourth-order valence-electron chi connectivity index (χ4n) is 2.23. The van der Waals surface area contributed by atoms with E-state index in [4.69, 9.17) is 9.47 Å². The number of ether oxygens (including phenoxy) is 2. The quantitative estimate of drug-likeness (QED) is 0.841. The number of nitrogens with one attached hydrogen (secondary N) is 1. The van der Waals surface area contributed by atoms with Crippen molar-refractivity contribution >= 4 is 24.0 Å². The third-order valence-electron chi connectivity index (χ3n) is 3.29. The molecule has 1 amide bonds. The average Bonchev–Trinajstić information content (AvgIpc) is 2.53. The number of rotatable bonds is 4. The molecule has 1 heterocycles. The molecule has 0 unspecified atom stereocenters. The molecule has 1 saturated heterocycles. The average molecular weight is 277 g/mol. The van der Waals surface area contributed by atoms with Gasteiger partial charge in [0.05, 0.1) is 26.0 Å². The Kier molecular flexibility index (Phi) is 4.57. The molecular weight excluding hydrogens is 258 g/mol. The van der Waals surface area contributed by atoms with E-state index in [0.717, 1.165) is 18.8 Å². The molecule has 108 valence electrons. The molecule has 0 radical (unpaired) electrons. The van der Waals surface area contributed by atoms with E-state index in [2.05, 4.69) is 21.9 Å². The van der Waals surface area contributed by atoms with Crippen molar-refractivity contribution in [2.24, 2.45) is 4.99 Å². The number of amides is 1. The van der Waals surface area contributed by atoms with Crippen LogP contribution in [0, 0.1) is 0 Å². The topological polar surface area (TPSA) is 63.2 Å². The molecule has 0 spiro atoms. The lowest BCUT2D eigenvalue weighted by Crippen LogP contribution is -2.36. The molecule has 0 atom stereocenters. The number of carbonyl (C=O) groups excluding carboxylic acids is 1. The van der Waals surface area contributed by atoms with Gasteiger partial charge in [-0.3, -0.25) is 9.79 Å². The van der Waals surface area contributed by atoms with Gasteiger partial charge in [-0.2, -0.15) is 0 Å². The molecule has 0 aliphatic carbocycles. The zero-order valence-corrected chi connectivity index (χ0v) is 11.8. The van der Waals surface area contributed by atoms with Crippen LogP contribution < -0.4 is 15.0 Å². The van der Waals surface area contributed by atoms with Gasteiger partial charge in [0.1, 0.15) is 11.3 Å². The van der Waals surface area contributed by atoms with E-state index >= 15 is 0 Å². The van der Waals surface area contributed by atoms with Crippen molar-refractivity contribution < 1.29 is 14.3 Å². The zero-order valence-electron chi connectivity index (χ0n) is 11.8. The molecule has 1 fully saturated rings. The van der Waals surface area contributed by atoms with E-state index in [1.165, 1.54) is 7.11 Å². The van der Waals surface area contributed by atoms with Crippen molar-refractivity contribution in [2.75, 3.05) is 45.4 Å². The Morgan fingerprint density at radius 3 is 2.70 bits per heavy atom. The van der Waals surface area contributed by atoms with Gasteiger partial charge in [-0.05, 0) is 12.8 Å². The zero-order chi connectivity index (χ0) is 14.5. The van der Waals surface area contributed by atoms with Crippen LogP contribution in [-0.4, -0.2) is 53.1 Å². The van der Waals surface area contributed by atoms with Gasteiger partial charge in [0.15, 0.2) is 0 Å². The minimum atomic E-state index is -0.238. The van der Waals surface area contributed by atoms with Crippen LogP contribution in [0.3, 0.4) is 0 Å². The number of anilines is 1. The van der Waals surface area contributed by atoms with Gasteiger partial charge < -0.3 is 19.7 Å². The summed E-state index contributed by atoms with van der Waals surface area (Å²) in [6, 6.07) is 3.70. The van der Waals surface area contributed by atoms with Gasteiger partial charge in [0.25, 0.3) is 5.91 Å². The molecule has 0 saturated carbocycles. The summed E-state index contributed by atoms with van der Waals surface area (Å²) in [5, 5.41) is 2.59. The number of carbonyl (C=O) groups is 1. The fraction of sp³-hybridized carbons (Fsp3) is 0.429. The summed E-state index contributed by atoms with van der Waals surface area (Å²) in [7, 11) is 3.11. The highest BCUT2D eigenvalue weighted by Gasteiger charge is 2.20. The number of nitrogens with zero attached hydrogens (tertiary/aromatic N) is 2. The predicted molar refractivity (Wildman–Crippen MR) is 78.6 cm³/mol. The largest absolute Gasteiger partial charge is 0.496 e. The lowest BCUT2D eigenvalue weighted by molar-refractivity contribution is 0.0960. The Hall–Kier alpha value is -2.08.